The maximum absolute atomic E-state index is 11.5. The van der Waals surface area contributed by atoms with Crippen LogP contribution < -0.4 is 0 Å². The molecule has 0 aliphatic heterocycles. The first-order valence-electron chi connectivity index (χ1n) is 3.26. The Hall–Kier alpha value is -0.405. The number of halogens is 3. The van der Waals surface area contributed by atoms with E-state index in [2.05, 4.69) is 0 Å². The van der Waals surface area contributed by atoms with Gasteiger partial charge in [-0.15, -0.1) is 0 Å². The SMILES string of the molecule is CC(C)=CCC[B-](F)(F)F. The maximum atomic E-state index is 11.5. The van der Waals surface area contributed by atoms with Crippen molar-refractivity contribution >= 4 is 6.98 Å². The quantitative estimate of drug-likeness (QED) is 0.429. The number of allylic oxidation sites excluding steroid dienone is 2. The summed E-state index contributed by atoms with van der Waals surface area (Å²) in [6.07, 6.45) is 1.09. The molecule has 0 aliphatic carbocycles. The second-order valence-corrected chi connectivity index (χ2v) is 2.57. The molecule has 0 bridgehead atoms. The molecule has 10 heavy (non-hydrogen) atoms. The highest BCUT2D eigenvalue weighted by atomic mass is 19.4. The van der Waals surface area contributed by atoms with E-state index in [0.717, 1.165) is 5.57 Å². The van der Waals surface area contributed by atoms with E-state index >= 15 is 0 Å². The lowest BCUT2D eigenvalue weighted by molar-refractivity contribution is 0.468. The van der Waals surface area contributed by atoms with E-state index in [1.807, 2.05) is 0 Å². The minimum atomic E-state index is -4.58. The Morgan fingerprint density at radius 1 is 1.30 bits per heavy atom. The van der Waals surface area contributed by atoms with Crippen molar-refractivity contribution in [3.63, 3.8) is 0 Å². The molecule has 0 saturated carbocycles. The van der Waals surface area contributed by atoms with Crippen molar-refractivity contribution in [2.45, 2.75) is 26.6 Å². The summed E-state index contributed by atoms with van der Waals surface area (Å²) in [4.78, 5) is 0. The van der Waals surface area contributed by atoms with E-state index in [9.17, 15) is 12.9 Å². The first kappa shape index (κ1) is 9.59. The van der Waals surface area contributed by atoms with E-state index in [1.165, 1.54) is 0 Å². The van der Waals surface area contributed by atoms with Crippen molar-refractivity contribution in [3.05, 3.63) is 11.6 Å². The first-order chi connectivity index (χ1) is 4.42. The van der Waals surface area contributed by atoms with Crippen LogP contribution in [0.15, 0.2) is 11.6 Å². The second-order valence-electron chi connectivity index (χ2n) is 2.57. The molecule has 0 nitrogen and oxygen atoms in total. The highest BCUT2D eigenvalue weighted by molar-refractivity contribution is 6.58. The predicted octanol–water partition coefficient (Wildman–Crippen LogP) is 3.19. The smallest absolute Gasteiger partial charge is 0.449 e. The summed E-state index contributed by atoms with van der Waals surface area (Å²) in [6.45, 7) is -0.985. The average molecular weight is 151 g/mol. The lowest BCUT2D eigenvalue weighted by Crippen LogP contribution is -2.12. The molecule has 0 saturated heterocycles. The summed E-state index contributed by atoms with van der Waals surface area (Å²) >= 11 is 0. The van der Waals surface area contributed by atoms with Gasteiger partial charge in [0, 0.05) is 0 Å². The molecule has 0 aromatic rings. The lowest BCUT2D eigenvalue weighted by Gasteiger charge is -2.10. The highest BCUT2D eigenvalue weighted by Gasteiger charge is 2.20. The Balaban J connectivity index is 3.47. The molecule has 60 valence electrons. The summed E-state index contributed by atoms with van der Waals surface area (Å²) in [5.74, 6) is 0. The van der Waals surface area contributed by atoms with Crippen LogP contribution in [0.1, 0.15) is 20.3 Å². The van der Waals surface area contributed by atoms with Crippen LogP contribution in [0.5, 0.6) is 0 Å². The fourth-order valence-corrected chi connectivity index (χ4v) is 0.561. The number of hydrogen-bond donors (Lipinski definition) is 0. The van der Waals surface area contributed by atoms with Gasteiger partial charge in [0.15, 0.2) is 0 Å². The maximum Gasteiger partial charge on any atom is 0.478 e. The topological polar surface area (TPSA) is 0 Å². The van der Waals surface area contributed by atoms with Gasteiger partial charge in [0.25, 0.3) is 0 Å². The van der Waals surface area contributed by atoms with Gasteiger partial charge in [0.2, 0.25) is 0 Å². The van der Waals surface area contributed by atoms with Crippen molar-refractivity contribution < 1.29 is 12.9 Å². The molecule has 4 heteroatoms. The van der Waals surface area contributed by atoms with Crippen LogP contribution in [0.4, 0.5) is 12.9 Å². The predicted molar refractivity (Wildman–Crippen MR) is 37.9 cm³/mol. The van der Waals surface area contributed by atoms with Gasteiger partial charge in [-0.05, 0) is 13.8 Å². The van der Waals surface area contributed by atoms with Gasteiger partial charge in [0.05, 0.1) is 0 Å². The van der Waals surface area contributed by atoms with Crippen LogP contribution in [-0.4, -0.2) is 6.98 Å². The zero-order valence-electron chi connectivity index (χ0n) is 6.20. The van der Waals surface area contributed by atoms with Crippen LogP contribution >= 0.6 is 0 Å². The van der Waals surface area contributed by atoms with Crippen LogP contribution in [0.2, 0.25) is 6.32 Å². The normalized spacial score (nSPS) is 11.3. The van der Waals surface area contributed by atoms with Gasteiger partial charge >= 0.3 is 6.98 Å². The monoisotopic (exact) mass is 151 g/mol. The van der Waals surface area contributed by atoms with E-state index in [0.29, 0.717) is 0 Å². The third-order valence-corrected chi connectivity index (χ3v) is 1.05. The average Bonchev–Trinajstić information content (AvgIpc) is 1.59. The zero-order valence-corrected chi connectivity index (χ0v) is 6.20. The van der Waals surface area contributed by atoms with E-state index in [-0.39, 0.29) is 6.42 Å². The standard InChI is InChI=1S/C6H11BF3/c1-6(2)4-3-5-7(8,9)10/h4H,3,5H2,1-2H3/q-1. The molecule has 0 radical (unpaired) electrons. The van der Waals surface area contributed by atoms with Gasteiger partial charge in [-0.3, -0.25) is 0 Å². The zero-order chi connectivity index (χ0) is 8.20. The van der Waals surface area contributed by atoms with Crippen molar-refractivity contribution in [1.82, 2.24) is 0 Å². The summed E-state index contributed by atoms with van der Waals surface area (Å²) in [5.41, 5.74) is 0.944. The van der Waals surface area contributed by atoms with Gasteiger partial charge in [-0.1, -0.05) is 24.4 Å². The van der Waals surface area contributed by atoms with E-state index in [4.69, 9.17) is 0 Å². The number of hydrogen-bond acceptors (Lipinski definition) is 0. The Morgan fingerprint density at radius 2 is 1.80 bits per heavy atom. The summed E-state index contributed by atoms with van der Waals surface area (Å²) < 4.78 is 34.6. The lowest BCUT2D eigenvalue weighted by atomic mass is 9.84. The molecule has 0 aliphatic rings. The molecule has 0 aromatic carbocycles. The van der Waals surface area contributed by atoms with Crippen LogP contribution in [0.25, 0.3) is 0 Å². The second kappa shape index (κ2) is 3.69. The third kappa shape index (κ3) is 7.59. The molecule has 0 fully saturated rings. The van der Waals surface area contributed by atoms with Gasteiger partial charge < -0.3 is 12.9 Å². The molecular weight excluding hydrogens is 140 g/mol. The molecule has 0 atom stereocenters. The van der Waals surface area contributed by atoms with Crippen molar-refractivity contribution in [2.75, 3.05) is 0 Å². The summed E-state index contributed by atoms with van der Waals surface area (Å²) in [5, 5.41) is 0. The minimum absolute atomic E-state index is 0.131. The molecule has 0 spiro atoms. The molecule has 0 heterocycles. The third-order valence-electron chi connectivity index (χ3n) is 1.05. The molecular formula is C6H11BF3-. The number of rotatable bonds is 3. The summed E-state index contributed by atoms with van der Waals surface area (Å²) in [7, 11) is 0. The fourth-order valence-electron chi connectivity index (χ4n) is 0.561. The fraction of sp³-hybridized carbons (Fsp3) is 0.667. The van der Waals surface area contributed by atoms with E-state index < -0.39 is 13.3 Å². The first-order valence-corrected chi connectivity index (χ1v) is 3.26. The summed E-state index contributed by atoms with van der Waals surface area (Å²) in [6, 6.07) is 0. The molecule has 0 amide bonds. The Bertz CT molecular complexity index is 121. The van der Waals surface area contributed by atoms with Crippen LogP contribution in [0, 0.1) is 0 Å². The van der Waals surface area contributed by atoms with Crippen LogP contribution in [0.3, 0.4) is 0 Å². The molecule has 0 rings (SSSR count). The van der Waals surface area contributed by atoms with Crippen molar-refractivity contribution in [1.29, 1.82) is 0 Å². The van der Waals surface area contributed by atoms with Crippen molar-refractivity contribution in [2.24, 2.45) is 0 Å². The van der Waals surface area contributed by atoms with Gasteiger partial charge in [0.1, 0.15) is 0 Å². The van der Waals surface area contributed by atoms with E-state index in [1.54, 1.807) is 19.9 Å². The van der Waals surface area contributed by atoms with Gasteiger partial charge in [-0.2, -0.15) is 0 Å². The molecule has 0 N–H and O–H groups in total. The Morgan fingerprint density at radius 3 is 2.10 bits per heavy atom. The highest BCUT2D eigenvalue weighted by Crippen LogP contribution is 2.17. The van der Waals surface area contributed by atoms with Crippen molar-refractivity contribution in [3.8, 4) is 0 Å². The van der Waals surface area contributed by atoms with Gasteiger partial charge in [-0.25, -0.2) is 0 Å². The largest absolute Gasteiger partial charge is 0.478 e. The Labute approximate surface area is 59.2 Å². The minimum Gasteiger partial charge on any atom is -0.449 e. The van der Waals surface area contributed by atoms with Crippen LogP contribution in [-0.2, 0) is 0 Å². The molecule has 0 unspecified atom stereocenters. The Kier molecular flexibility index (Phi) is 3.54. The molecule has 0 aromatic heterocycles.